The van der Waals surface area contributed by atoms with Crippen LogP contribution < -0.4 is 10.6 Å². The molecule has 0 saturated carbocycles. The third-order valence-electron chi connectivity index (χ3n) is 7.35. The summed E-state index contributed by atoms with van der Waals surface area (Å²) in [4.78, 5) is 51.5. The van der Waals surface area contributed by atoms with E-state index in [1.165, 1.54) is 24.1 Å². The number of amides is 5. The SMILES string of the molecule is CN1C(=O)NC(=O)C12Cc1ccc(NC(=O)CN(Cc3cc(F)cc(F)c3)C(=O)C(C)(O)C(F)(F)C(F)(F)F)cc1C2. The van der Waals surface area contributed by atoms with Gasteiger partial charge in [0.1, 0.15) is 23.7 Å². The molecule has 1 fully saturated rings. The second-order valence-corrected chi connectivity index (χ2v) is 10.3. The van der Waals surface area contributed by atoms with Gasteiger partial charge >= 0.3 is 18.1 Å². The van der Waals surface area contributed by atoms with Gasteiger partial charge in [0.2, 0.25) is 11.5 Å². The smallest absolute Gasteiger partial charge is 0.375 e. The summed E-state index contributed by atoms with van der Waals surface area (Å²) in [5.41, 5.74) is -4.65. The van der Waals surface area contributed by atoms with Gasteiger partial charge in [0, 0.05) is 38.2 Å². The summed E-state index contributed by atoms with van der Waals surface area (Å²) in [7, 11) is 1.45. The molecule has 3 N–H and O–H groups in total. The number of aliphatic hydroxyl groups is 1. The highest BCUT2D eigenvalue weighted by molar-refractivity contribution is 6.07. The van der Waals surface area contributed by atoms with Crippen molar-refractivity contribution in [2.24, 2.45) is 0 Å². The lowest BCUT2D eigenvalue weighted by Gasteiger charge is -2.36. The Morgan fingerprint density at radius 3 is 2.17 bits per heavy atom. The monoisotopic (exact) mass is 604 g/mol. The number of anilines is 1. The number of hydrogen-bond donors (Lipinski definition) is 3. The average molecular weight is 604 g/mol. The molecule has 2 aromatic rings. The van der Waals surface area contributed by atoms with E-state index in [-0.39, 0.29) is 30.4 Å². The lowest BCUT2D eigenvalue weighted by atomic mass is 9.95. The molecule has 9 nitrogen and oxygen atoms in total. The largest absolute Gasteiger partial charge is 0.456 e. The van der Waals surface area contributed by atoms with Crippen LogP contribution in [0.25, 0.3) is 0 Å². The van der Waals surface area contributed by atoms with Crippen LogP contribution in [0, 0.1) is 11.6 Å². The summed E-state index contributed by atoms with van der Waals surface area (Å²) < 4.78 is 94.7. The molecule has 2 atom stereocenters. The maximum absolute atomic E-state index is 14.1. The highest BCUT2D eigenvalue weighted by atomic mass is 19.4. The van der Waals surface area contributed by atoms with E-state index in [1.54, 1.807) is 6.07 Å². The van der Waals surface area contributed by atoms with Gasteiger partial charge in [-0.2, -0.15) is 22.0 Å². The summed E-state index contributed by atoms with van der Waals surface area (Å²) >= 11 is 0. The van der Waals surface area contributed by atoms with E-state index in [0.29, 0.717) is 29.3 Å². The first kappa shape index (κ1) is 30.7. The van der Waals surface area contributed by atoms with Crippen LogP contribution in [0.5, 0.6) is 0 Å². The molecule has 1 heterocycles. The maximum atomic E-state index is 14.1. The normalized spacial score (nSPS) is 19.9. The average Bonchev–Trinajstić information content (AvgIpc) is 3.34. The van der Waals surface area contributed by atoms with Gasteiger partial charge in [0.25, 0.3) is 11.8 Å². The molecule has 4 rings (SSSR count). The molecular formula is C26H23F7N4O5. The van der Waals surface area contributed by atoms with Gasteiger partial charge in [-0.3, -0.25) is 19.7 Å². The molecule has 16 heteroatoms. The van der Waals surface area contributed by atoms with Crippen molar-refractivity contribution in [1.29, 1.82) is 0 Å². The Morgan fingerprint density at radius 2 is 1.62 bits per heavy atom. The van der Waals surface area contributed by atoms with Crippen molar-refractivity contribution in [3.63, 3.8) is 0 Å². The van der Waals surface area contributed by atoms with E-state index < -0.39 is 77.3 Å². The molecular weight excluding hydrogens is 581 g/mol. The second kappa shape index (κ2) is 10.3. The second-order valence-electron chi connectivity index (χ2n) is 10.3. The molecule has 0 radical (unpaired) electrons. The van der Waals surface area contributed by atoms with Gasteiger partial charge in [0.05, 0.1) is 0 Å². The number of nitrogens with one attached hydrogen (secondary N) is 2. The van der Waals surface area contributed by atoms with Crippen molar-refractivity contribution in [3.05, 3.63) is 64.7 Å². The Hall–Kier alpha value is -4.21. The number of benzene rings is 2. The summed E-state index contributed by atoms with van der Waals surface area (Å²) in [5, 5.41) is 14.6. The third-order valence-corrected chi connectivity index (χ3v) is 7.35. The predicted octanol–water partition coefficient (Wildman–Crippen LogP) is 2.90. The highest BCUT2D eigenvalue weighted by Gasteiger charge is 2.71. The van der Waals surface area contributed by atoms with Crippen molar-refractivity contribution in [1.82, 2.24) is 15.1 Å². The third kappa shape index (κ3) is 5.26. The summed E-state index contributed by atoms with van der Waals surface area (Å²) in [6, 6.07) is 5.58. The Morgan fingerprint density at radius 1 is 1.02 bits per heavy atom. The van der Waals surface area contributed by atoms with Crippen LogP contribution in [-0.4, -0.2) is 75.5 Å². The number of likely N-dealkylation sites (N-methyl/N-ethyl adjacent to an activating group) is 1. The molecule has 1 saturated heterocycles. The number of alkyl halides is 5. The lowest BCUT2D eigenvalue weighted by molar-refractivity contribution is -0.331. The lowest BCUT2D eigenvalue weighted by Crippen LogP contribution is -2.63. The molecule has 1 aliphatic carbocycles. The fourth-order valence-corrected chi connectivity index (χ4v) is 4.99. The van der Waals surface area contributed by atoms with Crippen LogP contribution in [0.1, 0.15) is 23.6 Å². The van der Waals surface area contributed by atoms with Crippen molar-refractivity contribution in [2.75, 3.05) is 18.9 Å². The summed E-state index contributed by atoms with van der Waals surface area (Å²) in [6.45, 7) is -2.31. The fraction of sp³-hybridized carbons (Fsp3) is 0.385. The minimum absolute atomic E-state index is 0.0831. The first-order chi connectivity index (χ1) is 19.3. The van der Waals surface area contributed by atoms with Crippen molar-refractivity contribution in [3.8, 4) is 0 Å². The minimum atomic E-state index is -6.36. The zero-order valence-corrected chi connectivity index (χ0v) is 21.9. The number of carbonyl (C=O) groups is 4. The number of nitrogens with zero attached hydrogens (tertiary/aromatic N) is 2. The van der Waals surface area contributed by atoms with Crippen molar-refractivity contribution in [2.45, 2.75) is 49.5 Å². The van der Waals surface area contributed by atoms with Crippen LogP contribution in [0.15, 0.2) is 36.4 Å². The molecule has 5 amide bonds. The van der Waals surface area contributed by atoms with E-state index in [9.17, 15) is 55.0 Å². The van der Waals surface area contributed by atoms with Gasteiger partial charge < -0.3 is 20.2 Å². The topological polar surface area (TPSA) is 119 Å². The highest BCUT2D eigenvalue weighted by Crippen LogP contribution is 2.44. The molecule has 2 aliphatic rings. The number of hydrogen-bond acceptors (Lipinski definition) is 5. The van der Waals surface area contributed by atoms with E-state index in [2.05, 4.69) is 10.6 Å². The Bertz CT molecular complexity index is 1460. The summed E-state index contributed by atoms with van der Waals surface area (Å²) in [5.74, 6) is -12.1. The Labute approximate surface area is 233 Å². The van der Waals surface area contributed by atoms with Crippen molar-refractivity contribution >= 4 is 29.4 Å². The zero-order chi connectivity index (χ0) is 31.4. The molecule has 1 aliphatic heterocycles. The van der Waals surface area contributed by atoms with Crippen LogP contribution in [0.2, 0.25) is 0 Å². The van der Waals surface area contributed by atoms with Gasteiger partial charge in [-0.15, -0.1) is 0 Å². The minimum Gasteiger partial charge on any atom is -0.375 e. The number of fused-ring (bicyclic) bond motifs is 1. The molecule has 1 spiro atoms. The quantitative estimate of drug-likeness (QED) is 0.332. The van der Waals surface area contributed by atoms with Crippen LogP contribution in [0.4, 0.5) is 41.2 Å². The van der Waals surface area contributed by atoms with Gasteiger partial charge in [-0.25, -0.2) is 13.6 Å². The standard InChI is InChI=1S/C26H23F7N4O5/c1-23(42,25(29,30)26(31,32)33)21(40)37(11-13-5-16(27)8-17(28)6-13)12-19(38)34-18-4-3-14-9-24(10-15(14)7-18)20(39)35-22(41)36(24)2/h3-8,42H,9-12H2,1-2H3,(H,34,38)(H,35,39,41). The summed E-state index contributed by atoms with van der Waals surface area (Å²) in [6.07, 6.45) is -6.09. The molecule has 226 valence electrons. The molecule has 2 aromatic carbocycles. The predicted molar refractivity (Wildman–Crippen MR) is 130 cm³/mol. The number of carbonyl (C=O) groups excluding carboxylic acids is 4. The van der Waals surface area contributed by atoms with E-state index in [0.717, 1.165) is 0 Å². The number of imide groups is 1. The molecule has 0 aromatic heterocycles. The maximum Gasteiger partial charge on any atom is 0.456 e. The van der Waals surface area contributed by atoms with E-state index in [4.69, 9.17) is 0 Å². The number of halogens is 7. The van der Waals surface area contributed by atoms with Crippen molar-refractivity contribution < 1.29 is 55.0 Å². The fourth-order valence-electron chi connectivity index (χ4n) is 4.99. The van der Waals surface area contributed by atoms with Gasteiger partial charge in [-0.05, 0) is 47.9 Å². The van der Waals surface area contributed by atoms with Crippen LogP contribution in [-0.2, 0) is 33.8 Å². The van der Waals surface area contributed by atoms with Gasteiger partial charge in [-0.1, -0.05) is 6.07 Å². The molecule has 0 bridgehead atoms. The first-order valence-corrected chi connectivity index (χ1v) is 12.2. The van der Waals surface area contributed by atoms with E-state index >= 15 is 0 Å². The molecule has 2 unspecified atom stereocenters. The Kier molecular flexibility index (Phi) is 7.51. The van der Waals surface area contributed by atoms with Crippen LogP contribution in [0.3, 0.4) is 0 Å². The first-order valence-electron chi connectivity index (χ1n) is 12.2. The zero-order valence-electron chi connectivity index (χ0n) is 21.9. The van der Waals surface area contributed by atoms with Gasteiger partial charge in [0.15, 0.2) is 0 Å². The van der Waals surface area contributed by atoms with Crippen LogP contribution >= 0.6 is 0 Å². The molecule has 42 heavy (non-hydrogen) atoms. The van der Waals surface area contributed by atoms with E-state index in [1.807, 2.05) is 0 Å². The number of urea groups is 1. The number of rotatable bonds is 7. The Balaban J connectivity index is 1.57.